The Balaban J connectivity index is 1.45. The molecule has 1 atom stereocenters. The number of anilines is 1. The smallest absolute Gasteiger partial charge is 0.260 e. The highest BCUT2D eigenvalue weighted by Gasteiger charge is 2.27. The summed E-state index contributed by atoms with van der Waals surface area (Å²) in [5.41, 5.74) is 3.78. The molecule has 3 aromatic rings. The summed E-state index contributed by atoms with van der Waals surface area (Å²) in [7, 11) is 0. The molecule has 0 aromatic heterocycles. The van der Waals surface area contributed by atoms with Gasteiger partial charge in [-0.15, -0.1) is 0 Å². The molecule has 0 unspecified atom stereocenters. The molecule has 176 valence electrons. The number of rotatable bonds is 9. The second-order valence-electron chi connectivity index (χ2n) is 7.69. The van der Waals surface area contributed by atoms with Crippen LogP contribution in [-0.2, 0) is 17.8 Å². The Bertz CT molecular complexity index is 1180. The molecular weight excluding hydrogens is 468 g/mol. The lowest BCUT2D eigenvalue weighted by Gasteiger charge is -2.13. The van der Waals surface area contributed by atoms with E-state index < -0.39 is 0 Å². The van der Waals surface area contributed by atoms with E-state index in [4.69, 9.17) is 21.1 Å². The third kappa shape index (κ3) is 6.07. The number of hydrogen-bond donors (Lipinski definition) is 2. The lowest BCUT2D eigenvalue weighted by Crippen LogP contribution is -2.30. The van der Waals surface area contributed by atoms with Crippen molar-refractivity contribution >= 4 is 41.0 Å². The number of benzene rings is 3. The highest BCUT2D eigenvalue weighted by Crippen LogP contribution is 2.34. The first-order chi connectivity index (χ1) is 16.6. The maximum atomic E-state index is 12.5. The lowest BCUT2D eigenvalue weighted by atomic mass is 10.1. The van der Waals surface area contributed by atoms with Crippen molar-refractivity contribution in [3.8, 4) is 11.5 Å². The summed E-state index contributed by atoms with van der Waals surface area (Å²) in [5.74, 6) is 1.14. The average Bonchev–Trinajstić information content (AvgIpc) is 3.18. The van der Waals surface area contributed by atoms with Crippen molar-refractivity contribution in [2.75, 3.05) is 11.9 Å². The van der Waals surface area contributed by atoms with E-state index in [2.05, 4.69) is 29.7 Å². The molecule has 7 heteroatoms. The van der Waals surface area contributed by atoms with Gasteiger partial charge in [0.15, 0.2) is 17.0 Å². The fourth-order valence-corrected chi connectivity index (χ4v) is 4.65. The summed E-state index contributed by atoms with van der Waals surface area (Å²) in [5, 5.41) is 6.99. The topological polar surface area (TPSA) is 59.6 Å². The molecule has 5 nitrogen and oxygen atoms in total. The van der Waals surface area contributed by atoms with Crippen molar-refractivity contribution in [3.05, 3.63) is 93.3 Å². The van der Waals surface area contributed by atoms with Gasteiger partial charge in [-0.1, -0.05) is 66.7 Å². The van der Waals surface area contributed by atoms with Gasteiger partial charge in [0.05, 0.1) is 11.5 Å². The summed E-state index contributed by atoms with van der Waals surface area (Å²) in [6.45, 7) is 4.89. The third-order valence-electron chi connectivity index (χ3n) is 5.30. The SMILES string of the molecule is CCOc1cc(/C=C2\S[C@@H](Nc3ccc(CC)cc3)NC2=O)ccc1OCc1ccccc1Cl. The Hall–Kier alpha value is -3.09. The summed E-state index contributed by atoms with van der Waals surface area (Å²) in [4.78, 5) is 13.2. The number of ether oxygens (including phenoxy) is 2. The predicted octanol–water partition coefficient (Wildman–Crippen LogP) is 6.48. The number of carbonyl (C=O) groups excluding carboxylic acids is 1. The Kier molecular flexibility index (Phi) is 8.03. The molecule has 4 rings (SSSR count). The molecule has 1 amide bonds. The number of nitrogens with one attached hydrogen (secondary N) is 2. The average molecular weight is 495 g/mol. The van der Waals surface area contributed by atoms with Gasteiger partial charge in [-0.25, -0.2) is 0 Å². The zero-order valence-electron chi connectivity index (χ0n) is 19.1. The Morgan fingerprint density at radius 3 is 2.56 bits per heavy atom. The van der Waals surface area contributed by atoms with E-state index in [-0.39, 0.29) is 11.4 Å². The molecule has 2 N–H and O–H groups in total. The maximum Gasteiger partial charge on any atom is 0.260 e. The summed E-state index contributed by atoms with van der Waals surface area (Å²) < 4.78 is 11.8. The molecule has 1 heterocycles. The Morgan fingerprint density at radius 2 is 1.82 bits per heavy atom. The van der Waals surface area contributed by atoms with Crippen molar-refractivity contribution in [2.24, 2.45) is 0 Å². The fourth-order valence-electron chi connectivity index (χ4n) is 3.48. The molecule has 0 spiro atoms. The molecule has 1 saturated heterocycles. The first kappa shape index (κ1) is 24.0. The van der Waals surface area contributed by atoms with Gasteiger partial charge in [0.25, 0.3) is 5.91 Å². The maximum absolute atomic E-state index is 12.5. The van der Waals surface area contributed by atoms with Crippen LogP contribution in [0.4, 0.5) is 5.69 Å². The number of carbonyl (C=O) groups is 1. The monoisotopic (exact) mass is 494 g/mol. The van der Waals surface area contributed by atoms with Gasteiger partial charge in [0.2, 0.25) is 0 Å². The van der Waals surface area contributed by atoms with Gasteiger partial charge in [-0.05, 0) is 60.9 Å². The van der Waals surface area contributed by atoms with E-state index in [0.29, 0.717) is 34.6 Å². The van der Waals surface area contributed by atoms with Gasteiger partial charge in [-0.3, -0.25) is 4.79 Å². The summed E-state index contributed by atoms with van der Waals surface area (Å²) in [6.07, 6.45) is 2.86. The standard InChI is InChI=1S/C27H27ClN2O3S/c1-3-18-9-12-21(13-10-18)29-27-30-26(31)25(34-27)16-19-11-14-23(24(15-19)32-4-2)33-17-20-7-5-6-8-22(20)28/h5-16,27,29H,3-4,17H2,1-2H3,(H,30,31)/b25-16-/t27-/m0/s1. The van der Waals surface area contributed by atoms with Crippen LogP contribution in [0.25, 0.3) is 6.08 Å². The summed E-state index contributed by atoms with van der Waals surface area (Å²) in [6, 6.07) is 21.5. The van der Waals surface area contributed by atoms with Crippen LogP contribution in [0.5, 0.6) is 11.5 Å². The van der Waals surface area contributed by atoms with Gasteiger partial charge < -0.3 is 20.1 Å². The van der Waals surface area contributed by atoms with Gasteiger partial charge in [0.1, 0.15) is 6.61 Å². The van der Waals surface area contributed by atoms with E-state index >= 15 is 0 Å². The second kappa shape index (κ2) is 11.4. The molecule has 0 saturated carbocycles. The van der Waals surface area contributed by atoms with Crippen LogP contribution in [-0.4, -0.2) is 18.0 Å². The van der Waals surface area contributed by atoms with Crippen molar-refractivity contribution in [3.63, 3.8) is 0 Å². The van der Waals surface area contributed by atoms with Crippen molar-refractivity contribution < 1.29 is 14.3 Å². The molecule has 0 bridgehead atoms. The first-order valence-corrected chi connectivity index (χ1v) is 12.5. The number of amides is 1. The van der Waals surface area contributed by atoms with E-state index in [0.717, 1.165) is 23.2 Å². The summed E-state index contributed by atoms with van der Waals surface area (Å²) >= 11 is 7.69. The van der Waals surface area contributed by atoms with Crippen LogP contribution < -0.4 is 20.1 Å². The third-order valence-corrected chi connectivity index (χ3v) is 6.69. The predicted molar refractivity (Wildman–Crippen MR) is 140 cm³/mol. The van der Waals surface area contributed by atoms with Crippen LogP contribution in [0.2, 0.25) is 5.02 Å². The molecule has 1 aliphatic heterocycles. The van der Waals surface area contributed by atoms with Crippen LogP contribution >= 0.6 is 23.4 Å². The minimum absolute atomic E-state index is 0.107. The minimum Gasteiger partial charge on any atom is -0.490 e. The van der Waals surface area contributed by atoms with Crippen LogP contribution in [0.1, 0.15) is 30.5 Å². The number of hydrogen-bond acceptors (Lipinski definition) is 5. The molecular formula is C27H27ClN2O3S. The van der Waals surface area contributed by atoms with E-state index in [1.54, 1.807) is 0 Å². The number of halogens is 1. The number of thioether (sulfide) groups is 1. The van der Waals surface area contributed by atoms with Gasteiger partial charge in [0, 0.05) is 16.3 Å². The van der Waals surface area contributed by atoms with Gasteiger partial charge in [-0.2, -0.15) is 0 Å². The second-order valence-corrected chi connectivity index (χ2v) is 9.25. The van der Waals surface area contributed by atoms with Crippen LogP contribution in [0.15, 0.2) is 71.6 Å². The fraction of sp³-hybridized carbons (Fsp3) is 0.222. The Labute approximate surface area is 209 Å². The minimum atomic E-state index is -0.226. The zero-order valence-corrected chi connectivity index (χ0v) is 20.7. The molecule has 1 fully saturated rings. The van der Waals surface area contributed by atoms with E-state index in [1.165, 1.54) is 17.3 Å². The normalized spacial score (nSPS) is 16.4. The van der Waals surface area contributed by atoms with Crippen molar-refractivity contribution in [1.29, 1.82) is 0 Å². The van der Waals surface area contributed by atoms with E-state index in [1.807, 2.05) is 67.6 Å². The molecule has 1 aliphatic rings. The molecule has 34 heavy (non-hydrogen) atoms. The van der Waals surface area contributed by atoms with E-state index in [9.17, 15) is 4.79 Å². The molecule has 3 aromatic carbocycles. The quantitative estimate of drug-likeness (QED) is 0.333. The van der Waals surface area contributed by atoms with Crippen LogP contribution in [0.3, 0.4) is 0 Å². The van der Waals surface area contributed by atoms with Crippen LogP contribution in [0, 0.1) is 0 Å². The van der Waals surface area contributed by atoms with Crippen molar-refractivity contribution in [2.45, 2.75) is 32.4 Å². The van der Waals surface area contributed by atoms with Crippen molar-refractivity contribution in [1.82, 2.24) is 5.32 Å². The molecule has 0 aliphatic carbocycles. The highest BCUT2D eigenvalue weighted by molar-refractivity contribution is 8.05. The zero-order chi connectivity index (χ0) is 23.9. The molecule has 0 radical (unpaired) electrons. The first-order valence-electron chi connectivity index (χ1n) is 11.2. The lowest BCUT2D eigenvalue weighted by molar-refractivity contribution is -0.116. The van der Waals surface area contributed by atoms with Gasteiger partial charge >= 0.3 is 0 Å². The Morgan fingerprint density at radius 1 is 1.03 bits per heavy atom. The number of aryl methyl sites for hydroxylation is 1. The highest BCUT2D eigenvalue weighted by atomic mass is 35.5. The largest absolute Gasteiger partial charge is 0.490 e.